The van der Waals surface area contributed by atoms with Gasteiger partial charge >= 0.3 is 0 Å². The first kappa shape index (κ1) is 12.8. The second kappa shape index (κ2) is 6.36. The van der Waals surface area contributed by atoms with E-state index in [4.69, 9.17) is 0 Å². The average molecular weight is 240 g/mol. The summed E-state index contributed by atoms with van der Waals surface area (Å²) in [6.45, 7) is 1.89. The molecule has 2 aromatic rings. The summed E-state index contributed by atoms with van der Waals surface area (Å²) in [5.41, 5.74) is 2.58. The first-order valence-electron chi connectivity index (χ1n) is 6.51. The summed E-state index contributed by atoms with van der Waals surface area (Å²) in [7, 11) is 0. The highest BCUT2D eigenvalue weighted by Crippen LogP contribution is 2.18. The van der Waals surface area contributed by atoms with Crippen molar-refractivity contribution in [2.45, 2.75) is 25.9 Å². The predicted octanol–water partition coefficient (Wildman–Crippen LogP) is 3.47. The molecule has 18 heavy (non-hydrogen) atoms. The van der Waals surface area contributed by atoms with E-state index in [-0.39, 0.29) is 12.0 Å². The van der Waals surface area contributed by atoms with Gasteiger partial charge in [-0.05, 0) is 36.8 Å². The van der Waals surface area contributed by atoms with Gasteiger partial charge in [0.25, 0.3) is 0 Å². The highest BCUT2D eigenvalue weighted by Gasteiger charge is 2.16. The minimum Gasteiger partial charge on any atom is -0.393 e. The second-order valence-electron chi connectivity index (χ2n) is 4.88. The summed E-state index contributed by atoms with van der Waals surface area (Å²) in [6, 6.07) is 20.8. The van der Waals surface area contributed by atoms with Crippen molar-refractivity contribution in [1.29, 1.82) is 0 Å². The Morgan fingerprint density at radius 1 is 0.778 bits per heavy atom. The van der Waals surface area contributed by atoms with Gasteiger partial charge in [0, 0.05) is 0 Å². The highest BCUT2D eigenvalue weighted by atomic mass is 16.3. The molecule has 0 amide bonds. The van der Waals surface area contributed by atoms with Crippen molar-refractivity contribution in [3.63, 3.8) is 0 Å². The lowest BCUT2D eigenvalue weighted by atomic mass is 9.89. The Hall–Kier alpha value is -1.60. The number of aliphatic hydroxyl groups is 1. The number of aliphatic hydroxyl groups excluding tert-OH is 1. The normalized spacial score (nSPS) is 12.6. The number of hydrogen-bond acceptors (Lipinski definition) is 1. The van der Waals surface area contributed by atoms with Gasteiger partial charge in [-0.1, -0.05) is 60.7 Å². The standard InChI is InChI=1S/C17H20O/c1-14(18)17(12-15-8-4-2-5-9-15)13-16-10-6-3-7-11-16/h2-11,14,17-18H,12-13H2,1H3. The van der Waals surface area contributed by atoms with Crippen LogP contribution in [0.15, 0.2) is 60.7 Å². The molecule has 0 aliphatic rings. The molecule has 1 heteroatoms. The lowest BCUT2D eigenvalue weighted by Gasteiger charge is -2.20. The van der Waals surface area contributed by atoms with E-state index in [0.29, 0.717) is 0 Å². The van der Waals surface area contributed by atoms with Crippen LogP contribution in [-0.4, -0.2) is 11.2 Å². The molecule has 1 nitrogen and oxygen atoms in total. The van der Waals surface area contributed by atoms with E-state index in [0.717, 1.165) is 12.8 Å². The molecule has 0 radical (unpaired) electrons. The first-order valence-corrected chi connectivity index (χ1v) is 6.51. The van der Waals surface area contributed by atoms with Gasteiger partial charge in [-0.2, -0.15) is 0 Å². The monoisotopic (exact) mass is 240 g/mol. The molecule has 1 unspecified atom stereocenters. The fraction of sp³-hybridized carbons (Fsp3) is 0.294. The summed E-state index contributed by atoms with van der Waals surface area (Å²) in [6.07, 6.45) is 1.56. The van der Waals surface area contributed by atoms with E-state index >= 15 is 0 Å². The van der Waals surface area contributed by atoms with Crippen molar-refractivity contribution in [2.24, 2.45) is 5.92 Å². The van der Waals surface area contributed by atoms with Crippen molar-refractivity contribution < 1.29 is 5.11 Å². The van der Waals surface area contributed by atoms with E-state index in [1.165, 1.54) is 11.1 Å². The lowest BCUT2D eigenvalue weighted by molar-refractivity contribution is 0.125. The molecule has 0 aliphatic heterocycles. The van der Waals surface area contributed by atoms with Crippen LogP contribution in [0.5, 0.6) is 0 Å². The lowest BCUT2D eigenvalue weighted by Crippen LogP contribution is -2.21. The van der Waals surface area contributed by atoms with Gasteiger partial charge in [0.2, 0.25) is 0 Å². The maximum atomic E-state index is 9.93. The van der Waals surface area contributed by atoms with Crippen LogP contribution < -0.4 is 0 Å². The van der Waals surface area contributed by atoms with Crippen LogP contribution in [0.1, 0.15) is 18.1 Å². The summed E-state index contributed by atoms with van der Waals surface area (Å²) >= 11 is 0. The van der Waals surface area contributed by atoms with Crippen LogP contribution in [0.4, 0.5) is 0 Å². The molecule has 1 N–H and O–H groups in total. The van der Waals surface area contributed by atoms with E-state index in [9.17, 15) is 5.11 Å². The Balaban J connectivity index is 2.05. The van der Waals surface area contributed by atoms with Crippen LogP contribution in [0.25, 0.3) is 0 Å². The average Bonchev–Trinajstić information content (AvgIpc) is 2.40. The Morgan fingerprint density at radius 3 is 1.50 bits per heavy atom. The fourth-order valence-electron chi connectivity index (χ4n) is 2.25. The van der Waals surface area contributed by atoms with E-state index in [1.54, 1.807) is 0 Å². The molecule has 0 bridgehead atoms. The Labute approximate surface area is 109 Å². The number of hydrogen-bond donors (Lipinski definition) is 1. The van der Waals surface area contributed by atoms with Crippen molar-refractivity contribution in [2.75, 3.05) is 0 Å². The molecule has 0 saturated carbocycles. The predicted molar refractivity (Wildman–Crippen MR) is 75.5 cm³/mol. The van der Waals surface area contributed by atoms with Crippen LogP contribution in [-0.2, 0) is 12.8 Å². The maximum absolute atomic E-state index is 9.93. The molecule has 0 saturated heterocycles. The van der Waals surface area contributed by atoms with Gasteiger partial charge in [0.05, 0.1) is 6.10 Å². The van der Waals surface area contributed by atoms with Crippen LogP contribution >= 0.6 is 0 Å². The van der Waals surface area contributed by atoms with E-state index < -0.39 is 0 Å². The summed E-state index contributed by atoms with van der Waals surface area (Å²) in [5.74, 6) is 0.273. The quantitative estimate of drug-likeness (QED) is 0.848. The van der Waals surface area contributed by atoms with Crippen molar-refractivity contribution in [3.8, 4) is 0 Å². The Kier molecular flexibility index (Phi) is 4.54. The SMILES string of the molecule is CC(O)C(Cc1ccccc1)Cc1ccccc1. The molecule has 1 atom stereocenters. The zero-order chi connectivity index (χ0) is 12.8. The smallest absolute Gasteiger partial charge is 0.0546 e. The van der Waals surface area contributed by atoms with Crippen LogP contribution in [0.3, 0.4) is 0 Å². The van der Waals surface area contributed by atoms with Gasteiger partial charge in [-0.25, -0.2) is 0 Å². The summed E-state index contributed by atoms with van der Waals surface area (Å²) in [4.78, 5) is 0. The van der Waals surface area contributed by atoms with Crippen LogP contribution in [0, 0.1) is 5.92 Å². The van der Waals surface area contributed by atoms with Crippen molar-refractivity contribution in [1.82, 2.24) is 0 Å². The third-order valence-electron chi connectivity index (χ3n) is 3.36. The minimum atomic E-state index is -0.287. The topological polar surface area (TPSA) is 20.2 Å². The molecule has 0 heterocycles. The zero-order valence-electron chi connectivity index (χ0n) is 10.8. The molecule has 0 aliphatic carbocycles. The van der Waals surface area contributed by atoms with Gasteiger partial charge in [-0.15, -0.1) is 0 Å². The maximum Gasteiger partial charge on any atom is 0.0546 e. The van der Waals surface area contributed by atoms with E-state index in [2.05, 4.69) is 48.5 Å². The van der Waals surface area contributed by atoms with Crippen LogP contribution in [0.2, 0.25) is 0 Å². The molecule has 94 valence electrons. The molecule has 2 aromatic carbocycles. The molecule has 0 aromatic heterocycles. The highest BCUT2D eigenvalue weighted by molar-refractivity contribution is 5.18. The molecule has 0 spiro atoms. The molecule has 0 fully saturated rings. The fourth-order valence-corrected chi connectivity index (χ4v) is 2.25. The third-order valence-corrected chi connectivity index (χ3v) is 3.36. The molecular formula is C17H20O. The second-order valence-corrected chi connectivity index (χ2v) is 4.88. The van der Waals surface area contributed by atoms with Gasteiger partial charge in [0.15, 0.2) is 0 Å². The minimum absolute atomic E-state index is 0.273. The Morgan fingerprint density at radius 2 is 1.17 bits per heavy atom. The van der Waals surface area contributed by atoms with Crippen molar-refractivity contribution in [3.05, 3.63) is 71.8 Å². The summed E-state index contributed by atoms with van der Waals surface area (Å²) < 4.78 is 0. The van der Waals surface area contributed by atoms with E-state index in [1.807, 2.05) is 19.1 Å². The van der Waals surface area contributed by atoms with Gasteiger partial charge < -0.3 is 5.11 Å². The largest absolute Gasteiger partial charge is 0.393 e. The third kappa shape index (κ3) is 3.71. The van der Waals surface area contributed by atoms with Gasteiger partial charge in [-0.3, -0.25) is 0 Å². The first-order chi connectivity index (χ1) is 8.75. The summed E-state index contributed by atoms with van der Waals surface area (Å²) in [5, 5.41) is 9.93. The number of benzene rings is 2. The number of rotatable bonds is 5. The molecule has 2 rings (SSSR count). The molecular weight excluding hydrogens is 220 g/mol. The van der Waals surface area contributed by atoms with Gasteiger partial charge in [0.1, 0.15) is 0 Å². The zero-order valence-corrected chi connectivity index (χ0v) is 10.8. The van der Waals surface area contributed by atoms with Crippen molar-refractivity contribution >= 4 is 0 Å². The Bertz CT molecular complexity index is 406.